The van der Waals surface area contributed by atoms with E-state index < -0.39 is 17.4 Å². The van der Waals surface area contributed by atoms with Crippen molar-refractivity contribution in [1.82, 2.24) is 10.3 Å². The summed E-state index contributed by atoms with van der Waals surface area (Å²) in [6, 6.07) is 8.62. The Kier molecular flexibility index (Phi) is 4.79. The molecule has 0 saturated heterocycles. The van der Waals surface area contributed by atoms with Crippen molar-refractivity contribution in [2.45, 2.75) is 26.3 Å². The summed E-state index contributed by atoms with van der Waals surface area (Å²) in [5.41, 5.74) is 2.63. The number of urea groups is 1. The number of nitrogens with one attached hydrogen (secondary N) is 2. The SMILES string of the molecule is C=C(C)c1cccc(C(C)(C)NC(=O)Nc2cncc(F)c2)c1. The normalized spacial score (nSPS) is 11.0. The van der Waals surface area contributed by atoms with Gasteiger partial charge in [0.1, 0.15) is 5.82 Å². The number of nitrogens with zero attached hydrogens (tertiary/aromatic N) is 1. The van der Waals surface area contributed by atoms with Gasteiger partial charge in [0.2, 0.25) is 0 Å². The van der Waals surface area contributed by atoms with E-state index >= 15 is 0 Å². The van der Waals surface area contributed by atoms with Crippen LogP contribution in [0.5, 0.6) is 0 Å². The second-order valence-corrected chi connectivity index (χ2v) is 5.96. The van der Waals surface area contributed by atoms with Crippen molar-refractivity contribution in [3.8, 4) is 0 Å². The van der Waals surface area contributed by atoms with Gasteiger partial charge in [0.25, 0.3) is 0 Å². The highest BCUT2D eigenvalue weighted by Gasteiger charge is 2.23. The van der Waals surface area contributed by atoms with Gasteiger partial charge >= 0.3 is 6.03 Å². The van der Waals surface area contributed by atoms with Crippen molar-refractivity contribution in [3.05, 3.63) is 66.2 Å². The minimum Gasteiger partial charge on any atom is -0.329 e. The molecule has 0 aliphatic carbocycles. The number of hydrogen-bond donors (Lipinski definition) is 2. The third-order valence-electron chi connectivity index (χ3n) is 3.47. The average molecular weight is 313 g/mol. The van der Waals surface area contributed by atoms with Gasteiger partial charge in [-0.3, -0.25) is 4.98 Å². The lowest BCUT2D eigenvalue weighted by Gasteiger charge is -2.27. The molecule has 0 saturated carbocycles. The zero-order valence-electron chi connectivity index (χ0n) is 13.5. The maximum absolute atomic E-state index is 13.1. The average Bonchev–Trinajstić information content (AvgIpc) is 2.46. The van der Waals surface area contributed by atoms with Crippen LogP contribution in [-0.4, -0.2) is 11.0 Å². The zero-order chi connectivity index (χ0) is 17.0. The molecule has 0 unspecified atom stereocenters. The molecule has 5 heteroatoms. The topological polar surface area (TPSA) is 54.0 Å². The minimum absolute atomic E-state index is 0.300. The van der Waals surface area contributed by atoms with Crippen molar-refractivity contribution in [2.75, 3.05) is 5.32 Å². The van der Waals surface area contributed by atoms with Crippen LogP contribution in [0.15, 0.2) is 49.3 Å². The minimum atomic E-state index is -0.601. The van der Waals surface area contributed by atoms with Gasteiger partial charge < -0.3 is 10.6 Å². The van der Waals surface area contributed by atoms with Gasteiger partial charge in [-0.2, -0.15) is 0 Å². The number of amides is 2. The number of hydrogen-bond acceptors (Lipinski definition) is 2. The molecular formula is C18H20FN3O. The maximum atomic E-state index is 13.1. The first-order chi connectivity index (χ1) is 10.8. The summed E-state index contributed by atoms with van der Waals surface area (Å²) in [6.07, 6.45) is 2.47. The second kappa shape index (κ2) is 6.60. The summed E-state index contributed by atoms with van der Waals surface area (Å²) in [5.74, 6) is -0.504. The molecule has 2 aromatic rings. The molecule has 0 spiro atoms. The van der Waals surface area contributed by atoms with Crippen LogP contribution in [0.2, 0.25) is 0 Å². The van der Waals surface area contributed by atoms with E-state index in [1.807, 2.05) is 45.0 Å². The summed E-state index contributed by atoms with van der Waals surface area (Å²) < 4.78 is 13.1. The van der Waals surface area contributed by atoms with E-state index in [0.29, 0.717) is 5.69 Å². The quantitative estimate of drug-likeness (QED) is 0.883. The molecule has 120 valence electrons. The molecule has 1 aromatic heterocycles. The number of halogens is 1. The fraction of sp³-hybridized carbons (Fsp3) is 0.222. The van der Waals surface area contributed by atoms with Gasteiger partial charge in [-0.05, 0) is 38.0 Å². The van der Waals surface area contributed by atoms with Gasteiger partial charge in [-0.15, -0.1) is 0 Å². The molecule has 0 radical (unpaired) electrons. The molecule has 2 amide bonds. The Labute approximate surface area is 135 Å². The molecule has 2 N–H and O–H groups in total. The summed E-state index contributed by atoms with van der Waals surface area (Å²) in [4.78, 5) is 15.8. The standard InChI is InChI=1S/C18H20FN3O/c1-12(2)13-6-5-7-14(8-13)18(3,4)22-17(23)21-16-9-15(19)10-20-11-16/h5-11H,1H2,2-4H3,(H2,21,22,23). The van der Waals surface area contributed by atoms with Crippen molar-refractivity contribution >= 4 is 17.3 Å². The third kappa shape index (κ3) is 4.39. The number of anilines is 1. The Balaban J connectivity index is 2.12. The number of aromatic nitrogens is 1. The van der Waals surface area contributed by atoms with E-state index in [0.717, 1.165) is 22.9 Å². The van der Waals surface area contributed by atoms with Gasteiger partial charge in [0.05, 0.1) is 23.6 Å². The Morgan fingerprint density at radius 3 is 2.65 bits per heavy atom. The number of pyridine rings is 1. The fourth-order valence-electron chi connectivity index (χ4n) is 2.17. The number of allylic oxidation sites excluding steroid dienone is 1. The lowest BCUT2D eigenvalue weighted by molar-refractivity contribution is 0.242. The van der Waals surface area contributed by atoms with E-state index in [1.165, 1.54) is 12.3 Å². The molecule has 0 aliphatic heterocycles. The molecule has 2 rings (SSSR count). The first-order valence-electron chi connectivity index (χ1n) is 7.24. The first kappa shape index (κ1) is 16.7. The second-order valence-electron chi connectivity index (χ2n) is 5.96. The van der Waals surface area contributed by atoms with Crippen molar-refractivity contribution < 1.29 is 9.18 Å². The van der Waals surface area contributed by atoms with Crippen molar-refractivity contribution in [2.24, 2.45) is 0 Å². The number of carbonyl (C=O) groups excluding carboxylic acids is 1. The molecule has 0 fully saturated rings. The van der Waals surface area contributed by atoms with Crippen LogP contribution in [0.25, 0.3) is 5.57 Å². The Bertz CT molecular complexity index is 741. The van der Waals surface area contributed by atoms with E-state index in [4.69, 9.17) is 0 Å². The lowest BCUT2D eigenvalue weighted by Crippen LogP contribution is -2.43. The Morgan fingerprint density at radius 1 is 1.26 bits per heavy atom. The van der Waals surface area contributed by atoms with E-state index in [-0.39, 0.29) is 0 Å². The first-order valence-corrected chi connectivity index (χ1v) is 7.24. The van der Waals surface area contributed by atoms with E-state index in [2.05, 4.69) is 22.2 Å². The monoisotopic (exact) mass is 313 g/mol. The van der Waals surface area contributed by atoms with Crippen LogP contribution in [0.3, 0.4) is 0 Å². The molecule has 1 aromatic carbocycles. The summed E-state index contributed by atoms with van der Waals surface area (Å²) in [7, 11) is 0. The molecule has 0 aliphatic rings. The fourth-order valence-corrected chi connectivity index (χ4v) is 2.17. The van der Waals surface area contributed by atoms with Gasteiger partial charge in [0.15, 0.2) is 0 Å². The molecule has 4 nitrogen and oxygen atoms in total. The van der Waals surface area contributed by atoms with Crippen LogP contribution in [0.4, 0.5) is 14.9 Å². The summed E-state index contributed by atoms with van der Waals surface area (Å²) in [5, 5.41) is 5.45. The highest BCUT2D eigenvalue weighted by molar-refractivity contribution is 5.89. The molecule has 23 heavy (non-hydrogen) atoms. The number of rotatable bonds is 4. The molecule has 0 atom stereocenters. The van der Waals surface area contributed by atoms with Crippen LogP contribution in [-0.2, 0) is 5.54 Å². The summed E-state index contributed by atoms with van der Waals surface area (Å²) >= 11 is 0. The van der Waals surface area contributed by atoms with Gasteiger partial charge in [0, 0.05) is 6.07 Å². The van der Waals surface area contributed by atoms with Crippen molar-refractivity contribution in [1.29, 1.82) is 0 Å². The third-order valence-corrected chi connectivity index (χ3v) is 3.47. The highest BCUT2D eigenvalue weighted by atomic mass is 19.1. The molecule has 1 heterocycles. The zero-order valence-corrected chi connectivity index (χ0v) is 13.5. The molecular weight excluding hydrogens is 293 g/mol. The Morgan fingerprint density at radius 2 is 2.00 bits per heavy atom. The van der Waals surface area contributed by atoms with Crippen LogP contribution >= 0.6 is 0 Å². The predicted molar refractivity (Wildman–Crippen MR) is 90.5 cm³/mol. The van der Waals surface area contributed by atoms with E-state index in [1.54, 1.807) is 0 Å². The number of benzene rings is 1. The summed E-state index contributed by atoms with van der Waals surface area (Å²) in [6.45, 7) is 9.66. The largest absolute Gasteiger partial charge is 0.329 e. The van der Waals surface area contributed by atoms with E-state index in [9.17, 15) is 9.18 Å². The van der Waals surface area contributed by atoms with Gasteiger partial charge in [-0.1, -0.05) is 30.4 Å². The number of carbonyl (C=O) groups is 1. The van der Waals surface area contributed by atoms with Crippen LogP contribution in [0, 0.1) is 5.82 Å². The Hall–Kier alpha value is -2.69. The molecule has 0 bridgehead atoms. The van der Waals surface area contributed by atoms with Crippen LogP contribution < -0.4 is 10.6 Å². The maximum Gasteiger partial charge on any atom is 0.319 e. The predicted octanol–water partition coefficient (Wildman–Crippen LogP) is 4.31. The smallest absolute Gasteiger partial charge is 0.319 e. The van der Waals surface area contributed by atoms with Gasteiger partial charge in [-0.25, -0.2) is 9.18 Å². The van der Waals surface area contributed by atoms with Crippen molar-refractivity contribution in [3.63, 3.8) is 0 Å². The lowest BCUT2D eigenvalue weighted by atomic mass is 9.92. The highest BCUT2D eigenvalue weighted by Crippen LogP contribution is 2.23. The van der Waals surface area contributed by atoms with Crippen LogP contribution in [0.1, 0.15) is 31.9 Å².